The minimum Gasteiger partial charge on any atom is -0.457 e. The van der Waals surface area contributed by atoms with Gasteiger partial charge in [-0.2, -0.15) is 0 Å². The lowest BCUT2D eigenvalue weighted by atomic mass is 9.69. The van der Waals surface area contributed by atoms with E-state index in [1.54, 1.807) is 29.2 Å². The third-order valence-corrected chi connectivity index (χ3v) is 9.75. The van der Waals surface area contributed by atoms with Crippen molar-refractivity contribution in [3.05, 3.63) is 87.8 Å². The number of piperidine rings is 1. The number of para-hydroxylation sites is 1. The molecule has 44 heavy (non-hydrogen) atoms. The van der Waals surface area contributed by atoms with E-state index < -0.39 is 17.4 Å². The first-order valence-corrected chi connectivity index (χ1v) is 15.3. The van der Waals surface area contributed by atoms with Gasteiger partial charge in [-0.25, -0.2) is 0 Å². The fourth-order valence-corrected chi connectivity index (χ4v) is 7.58. The molecule has 4 aromatic rings. The summed E-state index contributed by atoms with van der Waals surface area (Å²) >= 11 is 1.21. The van der Waals surface area contributed by atoms with Crippen LogP contribution in [0.5, 0.6) is 11.5 Å². The minimum atomic E-state index is -1.58. The van der Waals surface area contributed by atoms with Gasteiger partial charge in [-0.3, -0.25) is 14.4 Å². The van der Waals surface area contributed by atoms with Gasteiger partial charge < -0.3 is 36.9 Å². The van der Waals surface area contributed by atoms with Crippen LogP contribution in [-0.4, -0.2) is 55.3 Å². The number of Topliss-reactive ketones (excluding diaryl/α,β-unsaturated/α-hetero) is 1. The van der Waals surface area contributed by atoms with Crippen LogP contribution in [-0.2, 0) is 19.9 Å². The Labute approximate surface area is 259 Å². The topological polar surface area (TPSA) is 163 Å². The standard InChI is InChI=1S/C33H35N5O5S/c1-18-15-21(43-20-8-4-3-5-9-20)10-11-22(18)33(36)23-12-13-24(34)29-26(23)27(28(35)31(33)40)30(44-29)32(41)37-19-7-6-14-38(16-19)25(39)17-42-2/h3-5,8-13,15,19,28H,6-7,14,16-17,34-36H2,1-2H3,(H,37,41). The second-order valence-electron chi connectivity index (χ2n) is 11.4. The number of benzene rings is 3. The van der Waals surface area contributed by atoms with Crippen LogP contribution >= 0.6 is 11.3 Å². The van der Waals surface area contributed by atoms with Crippen molar-refractivity contribution in [2.75, 3.05) is 32.5 Å². The maximum atomic E-state index is 14.2. The third kappa shape index (κ3) is 5.01. The van der Waals surface area contributed by atoms with E-state index in [1.165, 1.54) is 18.4 Å². The average Bonchev–Trinajstić information content (AvgIpc) is 3.42. The molecule has 11 heteroatoms. The number of rotatable bonds is 7. The van der Waals surface area contributed by atoms with Crippen LogP contribution in [0.2, 0.25) is 0 Å². The number of likely N-dealkylation sites (tertiary alicyclic amines) is 1. The molecule has 1 aliphatic heterocycles. The third-order valence-electron chi connectivity index (χ3n) is 8.50. The molecule has 1 fully saturated rings. The van der Waals surface area contributed by atoms with Gasteiger partial charge in [-0.05, 0) is 66.8 Å². The zero-order chi connectivity index (χ0) is 31.2. The summed E-state index contributed by atoms with van der Waals surface area (Å²) in [7, 11) is 1.48. The first kappa shape index (κ1) is 29.8. The zero-order valence-electron chi connectivity index (χ0n) is 24.6. The molecule has 1 aliphatic carbocycles. The molecule has 7 N–H and O–H groups in total. The number of amides is 2. The number of ether oxygens (including phenoxy) is 2. The number of hydrogen-bond acceptors (Lipinski definition) is 9. The molecule has 2 heterocycles. The van der Waals surface area contributed by atoms with Crippen molar-refractivity contribution >= 4 is 44.7 Å². The van der Waals surface area contributed by atoms with Gasteiger partial charge in [0, 0.05) is 42.9 Å². The number of ketones is 1. The van der Waals surface area contributed by atoms with Gasteiger partial charge in [0.1, 0.15) is 23.6 Å². The van der Waals surface area contributed by atoms with Crippen LogP contribution in [0.25, 0.3) is 10.1 Å². The highest BCUT2D eigenvalue weighted by atomic mass is 32.1. The molecule has 3 aromatic carbocycles. The summed E-state index contributed by atoms with van der Waals surface area (Å²) < 4.78 is 11.6. The van der Waals surface area contributed by atoms with Crippen molar-refractivity contribution in [3.63, 3.8) is 0 Å². The number of hydrogen-bond donors (Lipinski definition) is 4. The largest absolute Gasteiger partial charge is 0.457 e. The molecule has 0 bridgehead atoms. The lowest BCUT2D eigenvalue weighted by Crippen LogP contribution is -2.53. The highest BCUT2D eigenvalue weighted by molar-refractivity contribution is 7.21. The molecule has 10 nitrogen and oxygen atoms in total. The van der Waals surface area contributed by atoms with Crippen LogP contribution in [0.4, 0.5) is 5.69 Å². The molecular weight excluding hydrogens is 578 g/mol. The monoisotopic (exact) mass is 613 g/mol. The Morgan fingerprint density at radius 1 is 1.09 bits per heavy atom. The van der Waals surface area contributed by atoms with Crippen molar-refractivity contribution in [1.82, 2.24) is 10.2 Å². The van der Waals surface area contributed by atoms with Crippen molar-refractivity contribution < 1.29 is 23.9 Å². The van der Waals surface area contributed by atoms with Crippen LogP contribution in [0, 0.1) is 6.92 Å². The summed E-state index contributed by atoms with van der Waals surface area (Å²) in [6, 6.07) is 16.9. The predicted octanol–water partition coefficient (Wildman–Crippen LogP) is 3.74. The normalized spacial score (nSPS) is 21.4. The molecule has 1 aromatic heterocycles. The van der Waals surface area contributed by atoms with Gasteiger partial charge in [-0.1, -0.05) is 30.3 Å². The molecule has 0 saturated carbocycles. The predicted molar refractivity (Wildman–Crippen MR) is 170 cm³/mol. The number of nitrogens with two attached hydrogens (primary N) is 3. The summed E-state index contributed by atoms with van der Waals surface area (Å²) in [4.78, 5) is 42.4. The van der Waals surface area contributed by atoms with Gasteiger partial charge in [0.25, 0.3) is 5.91 Å². The van der Waals surface area contributed by atoms with E-state index in [2.05, 4.69) is 5.32 Å². The SMILES string of the molecule is COCC(=O)N1CCCC(NC(=O)c2sc3c(N)ccc4c3c2C(N)C(=O)C4(N)c2ccc(Oc3ccccc3)cc2C)C1. The van der Waals surface area contributed by atoms with Crippen LogP contribution < -0.4 is 27.3 Å². The maximum absolute atomic E-state index is 14.2. The Kier molecular flexibility index (Phi) is 7.89. The van der Waals surface area contributed by atoms with E-state index in [0.717, 1.165) is 18.4 Å². The van der Waals surface area contributed by atoms with Crippen LogP contribution in [0.1, 0.15) is 50.8 Å². The van der Waals surface area contributed by atoms with Crippen molar-refractivity contribution in [2.45, 2.75) is 37.4 Å². The quantitative estimate of drug-likeness (QED) is 0.229. The molecule has 228 valence electrons. The van der Waals surface area contributed by atoms with Crippen molar-refractivity contribution in [2.24, 2.45) is 11.5 Å². The maximum Gasteiger partial charge on any atom is 0.262 e. The highest BCUT2D eigenvalue weighted by Gasteiger charge is 2.49. The first-order chi connectivity index (χ1) is 21.1. The average molecular weight is 614 g/mol. The lowest BCUT2D eigenvalue weighted by Gasteiger charge is -2.37. The number of methoxy groups -OCH3 is 1. The number of anilines is 1. The number of carbonyl (C=O) groups excluding carboxylic acids is 3. The van der Waals surface area contributed by atoms with Crippen LogP contribution in [0.15, 0.2) is 60.7 Å². The number of nitrogens with one attached hydrogen (secondary N) is 1. The first-order valence-electron chi connectivity index (χ1n) is 14.5. The Morgan fingerprint density at radius 2 is 1.84 bits per heavy atom. The van der Waals surface area contributed by atoms with E-state index in [-0.39, 0.29) is 24.5 Å². The summed E-state index contributed by atoms with van der Waals surface area (Å²) in [5.74, 6) is 0.398. The van der Waals surface area contributed by atoms with Gasteiger partial charge in [0.2, 0.25) is 5.91 Å². The summed E-state index contributed by atoms with van der Waals surface area (Å²) in [6.07, 6.45) is 1.47. The number of nitrogens with zero attached hydrogens (tertiary/aromatic N) is 1. The fraction of sp³-hybridized carbons (Fsp3) is 0.303. The smallest absolute Gasteiger partial charge is 0.262 e. The second-order valence-corrected chi connectivity index (χ2v) is 12.4. The van der Waals surface area contributed by atoms with Crippen LogP contribution in [0.3, 0.4) is 0 Å². The van der Waals surface area contributed by atoms with Gasteiger partial charge >= 0.3 is 0 Å². The zero-order valence-corrected chi connectivity index (χ0v) is 25.4. The number of aryl methyl sites for hydroxylation is 1. The Balaban J connectivity index is 1.37. The van der Waals surface area contributed by atoms with Gasteiger partial charge in [0.05, 0.1) is 15.6 Å². The van der Waals surface area contributed by atoms with Crippen molar-refractivity contribution in [3.8, 4) is 11.5 Å². The van der Waals surface area contributed by atoms with E-state index in [4.69, 9.17) is 26.7 Å². The Hall–Kier alpha value is -4.29. The number of thiophene rings is 1. The molecule has 3 unspecified atom stereocenters. The molecule has 0 spiro atoms. The molecule has 6 rings (SSSR count). The Morgan fingerprint density at radius 3 is 2.57 bits per heavy atom. The summed E-state index contributed by atoms with van der Waals surface area (Å²) in [5.41, 5.74) is 21.4. The van der Waals surface area contributed by atoms with E-state index in [0.29, 0.717) is 61.9 Å². The molecule has 3 atom stereocenters. The number of nitrogen functional groups attached to an aromatic ring is 1. The molecule has 1 saturated heterocycles. The molecular formula is C33H35N5O5S. The molecule has 2 amide bonds. The highest BCUT2D eigenvalue weighted by Crippen LogP contribution is 2.50. The van der Waals surface area contributed by atoms with E-state index in [1.807, 2.05) is 43.3 Å². The van der Waals surface area contributed by atoms with Crippen molar-refractivity contribution in [1.29, 1.82) is 0 Å². The van der Waals surface area contributed by atoms with E-state index >= 15 is 0 Å². The number of carbonyl (C=O) groups is 3. The van der Waals surface area contributed by atoms with E-state index in [9.17, 15) is 14.4 Å². The molecule has 0 radical (unpaired) electrons. The summed E-state index contributed by atoms with van der Waals surface area (Å²) in [5, 5.41) is 3.71. The van der Waals surface area contributed by atoms with Gasteiger partial charge in [-0.15, -0.1) is 11.3 Å². The fourth-order valence-electron chi connectivity index (χ4n) is 6.38. The summed E-state index contributed by atoms with van der Waals surface area (Å²) in [6.45, 7) is 2.85. The lowest BCUT2D eigenvalue weighted by molar-refractivity contribution is -0.136. The second kappa shape index (κ2) is 11.7. The minimum absolute atomic E-state index is 0.0107. The Bertz CT molecular complexity index is 1770. The molecule has 2 aliphatic rings. The van der Waals surface area contributed by atoms with Gasteiger partial charge in [0.15, 0.2) is 5.78 Å².